The van der Waals surface area contributed by atoms with E-state index in [1.54, 1.807) is 11.9 Å². The summed E-state index contributed by atoms with van der Waals surface area (Å²) >= 11 is 0. The molecule has 1 fully saturated rings. The van der Waals surface area contributed by atoms with Crippen molar-refractivity contribution < 1.29 is 24.2 Å². The molecule has 7 nitrogen and oxygen atoms in total. The first-order valence-corrected chi connectivity index (χ1v) is 12.4. The number of fused-ring (bicyclic) bond motifs is 3. The van der Waals surface area contributed by atoms with Crippen molar-refractivity contribution in [2.75, 3.05) is 20.2 Å². The second-order valence-corrected chi connectivity index (χ2v) is 9.84. The summed E-state index contributed by atoms with van der Waals surface area (Å²) in [4.78, 5) is 38.6. The van der Waals surface area contributed by atoms with Gasteiger partial charge in [0.05, 0.1) is 0 Å². The number of ether oxygens (including phenoxy) is 1. The van der Waals surface area contributed by atoms with Crippen LogP contribution in [-0.4, -0.2) is 54.2 Å². The molecule has 0 spiro atoms. The van der Waals surface area contributed by atoms with Gasteiger partial charge in [0.15, 0.2) is 0 Å². The molecule has 0 saturated heterocycles. The fraction of sp³-hybridized carbons (Fsp3) is 0.464. The zero-order valence-electron chi connectivity index (χ0n) is 20.4. The lowest BCUT2D eigenvalue weighted by Crippen LogP contribution is -2.49. The third-order valence-corrected chi connectivity index (χ3v) is 7.47. The van der Waals surface area contributed by atoms with E-state index in [0.29, 0.717) is 18.4 Å². The Kier molecular flexibility index (Phi) is 7.73. The second kappa shape index (κ2) is 10.9. The van der Waals surface area contributed by atoms with Gasteiger partial charge in [0.2, 0.25) is 5.91 Å². The molecular weight excluding hydrogens is 444 g/mol. The fourth-order valence-electron chi connectivity index (χ4n) is 5.25. The molecule has 0 aliphatic heterocycles. The fourth-order valence-corrected chi connectivity index (χ4v) is 5.25. The summed E-state index contributed by atoms with van der Waals surface area (Å²) in [5.74, 6) is -0.397. The van der Waals surface area contributed by atoms with Crippen LogP contribution < -0.4 is 5.32 Å². The van der Waals surface area contributed by atoms with Gasteiger partial charge in [0, 0.05) is 25.9 Å². The van der Waals surface area contributed by atoms with Gasteiger partial charge >= 0.3 is 12.1 Å². The molecule has 1 saturated carbocycles. The Balaban J connectivity index is 1.39. The van der Waals surface area contributed by atoms with Gasteiger partial charge < -0.3 is 20.1 Å². The normalized spacial score (nSPS) is 16.4. The molecule has 4 rings (SSSR count). The van der Waals surface area contributed by atoms with Gasteiger partial charge in [-0.3, -0.25) is 9.59 Å². The standard InChI is InChI=1S/C28H34N2O5/c1-18(19-8-7-9-19)16-30(2)27(33)25(14-15-26(31)32)29-28(34)35-17-24-22-12-5-3-10-20(22)21-11-4-6-13-23(21)24/h3-6,10-13,18-19,24-25H,7-9,14-17H2,1-2H3,(H,29,34)(H,31,32). The van der Waals surface area contributed by atoms with Gasteiger partial charge in [-0.1, -0.05) is 74.7 Å². The van der Waals surface area contributed by atoms with E-state index in [9.17, 15) is 14.4 Å². The SMILES string of the molecule is CC(CN(C)C(=O)C(CCC(=O)O)NC(=O)OCC1c2ccccc2-c2ccccc21)C1CCC1. The number of rotatable bonds is 10. The Morgan fingerprint density at radius 3 is 2.20 bits per heavy atom. The van der Waals surface area contributed by atoms with Crippen molar-refractivity contribution >= 4 is 18.0 Å². The first-order chi connectivity index (χ1) is 16.8. The number of hydrogen-bond acceptors (Lipinski definition) is 4. The molecule has 2 N–H and O–H groups in total. The van der Waals surface area contributed by atoms with Crippen LogP contribution in [0.25, 0.3) is 11.1 Å². The zero-order chi connectivity index (χ0) is 24.9. The highest BCUT2D eigenvalue weighted by molar-refractivity contribution is 5.86. The van der Waals surface area contributed by atoms with Crippen molar-refractivity contribution in [2.45, 2.75) is 51.0 Å². The molecular formula is C28H34N2O5. The number of nitrogens with one attached hydrogen (secondary N) is 1. The van der Waals surface area contributed by atoms with Gasteiger partial charge in [-0.25, -0.2) is 4.79 Å². The van der Waals surface area contributed by atoms with Crippen LogP contribution in [0.5, 0.6) is 0 Å². The molecule has 35 heavy (non-hydrogen) atoms. The molecule has 2 aromatic carbocycles. The minimum atomic E-state index is -1.01. The van der Waals surface area contributed by atoms with Crippen molar-refractivity contribution in [3.05, 3.63) is 59.7 Å². The van der Waals surface area contributed by atoms with E-state index in [2.05, 4.69) is 24.4 Å². The first-order valence-electron chi connectivity index (χ1n) is 12.4. The summed E-state index contributed by atoms with van der Waals surface area (Å²) in [6.07, 6.45) is 2.69. The number of amides is 2. The molecule has 186 valence electrons. The Bertz CT molecular complexity index is 1040. The highest BCUT2D eigenvalue weighted by Crippen LogP contribution is 2.44. The topological polar surface area (TPSA) is 95.9 Å². The molecule has 0 heterocycles. The van der Waals surface area contributed by atoms with Crippen molar-refractivity contribution in [3.63, 3.8) is 0 Å². The van der Waals surface area contributed by atoms with E-state index < -0.39 is 18.1 Å². The molecule has 2 unspecified atom stereocenters. The highest BCUT2D eigenvalue weighted by Gasteiger charge is 2.31. The Hall–Kier alpha value is -3.35. The molecule has 0 bridgehead atoms. The van der Waals surface area contributed by atoms with Gasteiger partial charge in [0.1, 0.15) is 12.6 Å². The van der Waals surface area contributed by atoms with Gasteiger partial charge in [-0.2, -0.15) is 0 Å². The molecule has 7 heteroatoms. The predicted octanol–water partition coefficient (Wildman–Crippen LogP) is 4.65. The van der Waals surface area contributed by atoms with E-state index >= 15 is 0 Å². The van der Waals surface area contributed by atoms with E-state index in [1.807, 2.05) is 36.4 Å². The summed E-state index contributed by atoms with van der Waals surface area (Å²) in [5.41, 5.74) is 4.47. The number of likely N-dealkylation sites (N-methyl/N-ethyl adjacent to an activating group) is 1. The molecule has 2 aliphatic rings. The van der Waals surface area contributed by atoms with Crippen LogP contribution in [0.4, 0.5) is 4.79 Å². The van der Waals surface area contributed by atoms with Gasteiger partial charge in [-0.15, -0.1) is 0 Å². The number of alkyl carbamates (subject to hydrolysis) is 1. The van der Waals surface area contributed by atoms with E-state index in [-0.39, 0.29) is 31.3 Å². The maximum atomic E-state index is 13.1. The van der Waals surface area contributed by atoms with Crippen molar-refractivity contribution in [1.82, 2.24) is 10.2 Å². The third-order valence-electron chi connectivity index (χ3n) is 7.47. The summed E-state index contributed by atoms with van der Waals surface area (Å²) in [6, 6.07) is 15.2. The zero-order valence-corrected chi connectivity index (χ0v) is 20.4. The first kappa shape index (κ1) is 24.8. The molecule has 0 radical (unpaired) electrons. The monoisotopic (exact) mass is 478 g/mol. The quantitative estimate of drug-likeness (QED) is 0.518. The van der Waals surface area contributed by atoms with Crippen LogP contribution in [-0.2, 0) is 14.3 Å². The minimum Gasteiger partial charge on any atom is -0.481 e. The van der Waals surface area contributed by atoms with Crippen LogP contribution >= 0.6 is 0 Å². The van der Waals surface area contributed by atoms with Gasteiger partial charge in [-0.05, 0) is 40.5 Å². The van der Waals surface area contributed by atoms with E-state index in [0.717, 1.165) is 22.3 Å². The number of aliphatic carboxylic acids is 1. The van der Waals surface area contributed by atoms with E-state index in [4.69, 9.17) is 9.84 Å². The number of nitrogens with zero attached hydrogens (tertiary/aromatic N) is 1. The number of benzene rings is 2. The maximum Gasteiger partial charge on any atom is 0.407 e. The summed E-state index contributed by atoms with van der Waals surface area (Å²) < 4.78 is 5.58. The minimum absolute atomic E-state index is 0.0144. The van der Waals surface area contributed by atoms with Crippen molar-refractivity contribution in [2.24, 2.45) is 11.8 Å². The average Bonchev–Trinajstić information content (AvgIpc) is 3.12. The third kappa shape index (κ3) is 5.66. The van der Waals surface area contributed by atoms with Crippen LogP contribution in [0.2, 0.25) is 0 Å². The lowest BCUT2D eigenvalue weighted by molar-refractivity contribution is -0.138. The second-order valence-electron chi connectivity index (χ2n) is 9.84. The number of carbonyl (C=O) groups is 3. The summed E-state index contributed by atoms with van der Waals surface area (Å²) in [7, 11) is 1.71. The number of hydrogen-bond donors (Lipinski definition) is 2. The van der Waals surface area contributed by atoms with Crippen LogP contribution in [0, 0.1) is 11.8 Å². The number of carbonyl (C=O) groups excluding carboxylic acids is 2. The van der Waals surface area contributed by atoms with Crippen LogP contribution in [0.3, 0.4) is 0 Å². The van der Waals surface area contributed by atoms with Crippen LogP contribution in [0.1, 0.15) is 56.1 Å². The van der Waals surface area contributed by atoms with E-state index in [1.165, 1.54) is 19.3 Å². The van der Waals surface area contributed by atoms with Gasteiger partial charge in [0.25, 0.3) is 0 Å². The predicted molar refractivity (Wildman–Crippen MR) is 133 cm³/mol. The number of carboxylic acids is 1. The highest BCUT2D eigenvalue weighted by atomic mass is 16.5. The molecule has 2 atom stereocenters. The summed E-state index contributed by atoms with van der Waals surface area (Å²) in [6.45, 7) is 2.85. The summed E-state index contributed by atoms with van der Waals surface area (Å²) in [5, 5.41) is 11.8. The lowest BCUT2D eigenvalue weighted by atomic mass is 9.76. The molecule has 0 aromatic heterocycles. The lowest BCUT2D eigenvalue weighted by Gasteiger charge is -2.34. The van der Waals surface area contributed by atoms with Crippen LogP contribution in [0.15, 0.2) is 48.5 Å². The smallest absolute Gasteiger partial charge is 0.407 e. The average molecular weight is 479 g/mol. The Morgan fingerprint density at radius 2 is 1.66 bits per heavy atom. The number of carboxylic acid groups (broad SMARTS) is 1. The Morgan fingerprint density at radius 1 is 1.06 bits per heavy atom. The largest absolute Gasteiger partial charge is 0.481 e. The molecule has 2 amide bonds. The molecule has 2 aromatic rings. The maximum absolute atomic E-state index is 13.1. The van der Waals surface area contributed by atoms with Crippen molar-refractivity contribution in [3.8, 4) is 11.1 Å². The van der Waals surface area contributed by atoms with Crippen molar-refractivity contribution in [1.29, 1.82) is 0 Å². The molecule has 2 aliphatic carbocycles. The Labute approximate surface area is 206 Å².